The minimum absolute atomic E-state index is 0.0794. The molecule has 2 aliphatic rings. The van der Waals surface area contributed by atoms with Gasteiger partial charge in [-0.2, -0.15) is 0 Å². The topological polar surface area (TPSA) is 72.0 Å². The lowest BCUT2D eigenvalue weighted by Crippen LogP contribution is -2.62. The van der Waals surface area contributed by atoms with Crippen LogP contribution in [0.2, 0.25) is 0 Å². The Morgan fingerprint density at radius 3 is 2.76 bits per heavy atom. The number of furan rings is 1. The molecule has 2 aliphatic heterocycles. The van der Waals surface area contributed by atoms with Gasteiger partial charge in [0, 0.05) is 50.7 Å². The molecule has 4 rings (SSSR count). The first kappa shape index (κ1) is 20.0. The van der Waals surface area contributed by atoms with Crippen molar-refractivity contribution < 1.29 is 27.3 Å². The number of aryl methyl sites for hydroxylation is 2. The first-order chi connectivity index (χ1) is 13.8. The Balaban J connectivity index is 1.36. The van der Waals surface area contributed by atoms with Crippen molar-refractivity contribution in [1.82, 2.24) is 15.0 Å². The summed E-state index contributed by atoms with van der Waals surface area (Å²) < 4.78 is 43.6. The van der Waals surface area contributed by atoms with Crippen molar-refractivity contribution in [1.29, 1.82) is 0 Å². The summed E-state index contributed by atoms with van der Waals surface area (Å²) >= 11 is 0. The summed E-state index contributed by atoms with van der Waals surface area (Å²) in [4.78, 5) is 16.1. The first-order valence-corrected chi connectivity index (χ1v) is 9.69. The Hall–Kier alpha value is -2.26. The van der Waals surface area contributed by atoms with E-state index in [-0.39, 0.29) is 43.3 Å². The number of ether oxygens (including phenoxy) is 1. The third-order valence-electron chi connectivity index (χ3n) is 5.80. The van der Waals surface area contributed by atoms with E-state index in [0.717, 1.165) is 17.0 Å². The van der Waals surface area contributed by atoms with E-state index >= 15 is 0 Å². The van der Waals surface area contributed by atoms with Gasteiger partial charge in [-0.3, -0.25) is 9.69 Å². The van der Waals surface area contributed by atoms with Gasteiger partial charge in [-0.15, -0.1) is 0 Å². The smallest absolute Gasteiger partial charge is 0.289 e. The standard InChI is InChI=1S/C20H25F2N3O4/c1-12-17(13(2)29-23-12)6-16-4-5-18(28-16)19(26)24-8-15(9-24)25-11-20(21,22)7-14(25)10-27-3/h4-5,14-15H,6-11H2,1-3H3. The predicted molar refractivity (Wildman–Crippen MR) is 99.1 cm³/mol. The zero-order valence-corrected chi connectivity index (χ0v) is 16.8. The van der Waals surface area contributed by atoms with Crippen LogP contribution in [-0.4, -0.2) is 72.2 Å². The fourth-order valence-electron chi connectivity index (χ4n) is 4.20. The largest absolute Gasteiger partial charge is 0.456 e. The van der Waals surface area contributed by atoms with Crippen LogP contribution in [0.25, 0.3) is 0 Å². The van der Waals surface area contributed by atoms with Crippen molar-refractivity contribution in [2.75, 3.05) is 33.4 Å². The van der Waals surface area contributed by atoms with E-state index in [4.69, 9.17) is 13.7 Å². The Morgan fingerprint density at radius 2 is 2.10 bits per heavy atom. The van der Waals surface area contributed by atoms with Crippen LogP contribution in [0.1, 0.15) is 39.8 Å². The van der Waals surface area contributed by atoms with Crippen molar-refractivity contribution in [3.8, 4) is 0 Å². The van der Waals surface area contributed by atoms with Crippen LogP contribution in [0.5, 0.6) is 0 Å². The number of hydrogen-bond acceptors (Lipinski definition) is 6. The van der Waals surface area contributed by atoms with Gasteiger partial charge in [0.15, 0.2) is 5.76 Å². The van der Waals surface area contributed by atoms with Crippen LogP contribution < -0.4 is 0 Å². The van der Waals surface area contributed by atoms with Crippen LogP contribution in [0.15, 0.2) is 21.1 Å². The zero-order valence-electron chi connectivity index (χ0n) is 16.8. The molecule has 1 amide bonds. The van der Waals surface area contributed by atoms with Gasteiger partial charge < -0.3 is 18.6 Å². The van der Waals surface area contributed by atoms with Crippen molar-refractivity contribution in [3.63, 3.8) is 0 Å². The van der Waals surface area contributed by atoms with Crippen LogP contribution in [0.3, 0.4) is 0 Å². The molecule has 29 heavy (non-hydrogen) atoms. The summed E-state index contributed by atoms with van der Waals surface area (Å²) in [6.45, 7) is 4.51. The fourth-order valence-corrected chi connectivity index (χ4v) is 4.20. The van der Waals surface area contributed by atoms with Crippen molar-refractivity contribution in [3.05, 3.63) is 40.7 Å². The second kappa shape index (κ2) is 7.53. The lowest BCUT2D eigenvalue weighted by molar-refractivity contribution is -0.0144. The molecule has 1 unspecified atom stereocenters. The van der Waals surface area contributed by atoms with Crippen LogP contribution >= 0.6 is 0 Å². The van der Waals surface area contributed by atoms with Gasteiger partial charge in [-0.05, 0) is 26.0 Å². The summed E-state index contributed by atoms with van der Waals surface area (Å²) in [5, 5.41) is 3.92. The second-order valence-electron chi connectivity index (χ2n) is 7.95. The highest BCUT2D eigenvalue weighted by Crippen LogP contribution is 2.35. The van der Waals surface area contributed by atoms with Crippen molar-refractivity contribution in [2.24, 2.45) is 0 Å². The Morgan fingerprint density at radius 1 is 1.34 bits per heavy atom. The minimum Gasteiger partial charge on any atom is -0.456 e. The molecule has 2 fully saturated rings. The molecule has 0 N–H and O–H groups in total. The molecule has 4 heterocycles. The van der Waals surface area contributed by atoms with Gasteiger partial charge in [-0.25, -0.2) is 8.78 Å². The number of hydrogen-bond donors (Lipinski definition) is 0. The molecule has 2 aromatic heterocycles. The molecule has 7 nitrogen and oxygen atoms in total. The number of likely N-dealkylation sites (tertiary alicyclic amines) is 2. The molecule has 1 atom stereocenters. The normalized spacial score (nSPS) is 22.2. The highest BCUT2D eigenvalue weighted by molar-refractivity contribution is 5.92. The van der Waals surface area contributed by atoms with Crippen LogP contribution in [0.4, 0.5) is 8.78 Å². The molecule has 0 bridgehead atoms. The van der Waals surface area contributed by atoms with E-state index in [0.29, 0.717) is 25.3 Å². The molecule has 0 aliphatic carbocycles. The SMILES string of the molecule is COCC1CC(F)(F)CN1C1CN(C(=O)c2ccc(Cc3c(C)noc3C)o2)C1. The van der Waals surface area contributed by atoms with Crippen LogP contribution in [-0.2, 0) is 11.2 Å². The van der Waals surface area contributed by atoms with E-state index in [9.17, 15) is 13.6 Å². The highest BCUT2D eigenvalue weighted by Gasteiger charge is 2.50. The monoisotopic (exact) mass is 409 g/mol. The Bertz CT molecular complexity index is 869. The number of aromatic nitrogens is 1. The Labute approximate surface area is 167 Å². The van der Waals surface area contributed by atoms with Gasteiger partial charge in [0.1, 0.15) is 11.5 Å². The molecule has 158 valence electrons. The van der Waals surface area contributed by atoms with Gasteiger partial charge in [0.25, 0.3) is 11.8 Å². The third-order valence-corrected chi connectivity index (χ3v) is 5.80. The van der Waals surface area contributed by atoms with E-state index in [1.807, 2.05) is 13.8 Å². The maximum atomic E-state index is 13.8. The molecule has 0 radical (unpaired) electrons. The summed E-state index contributed by atoms with van der Waals surface area (Å²) in [7, 11) is 1.52. The summed E-state index contributed by atoms with van der Waals surface area (Å²) in [5.74, 6) is -1.29. The minimum atomic E-state index is -2.71. The fraction of sp³-hybridized carbons (Fsp3) is 0.600. The number of alkyl halides is 2. The zero-order chi connectivity index (χ0) is 20.8. The van der Waals surface area contributed by atoms with Crippen molar-refractivity contribution in [2.45, 2.75) is 44.7 Å². The second-order valence-corrected chi connectivity index (χ2v) is 7.95. The molecule has 2 aromatic rings. The van der Waals surface area contributed by atoms with Gasteiger partial charge >= 0.3 is 0 Å². The summed E-state index contributed by atoms with van der Waals surface area (Å²) in [6.07, 6.45) is 0.299. The van der Waals surface area contributed by atoms with Crippen LogP contribution in [0, 0.1) is 13.8 Å². The van der Waals surface area contributed by atoms with Gasteiger partial charge in [-0.1, -0.05) is 5.16 Å². The maximum Gasteiger partial charge on any atom is 0.289 e. The molecule has 0 saturated carbocycles. The van der Waals surface area contributed by atoms with Gasteiger partial charge in [0.2, 0.25) is 0 Å². The molecule has 2 saturated heterocycles. The molecular weight excluding hydrogens is 384 g/mol. The number of nitrogens with zero attached hydrogens (tertiary/aromatic N) is 3. The number of carbonyl (C=O) groups is 1. The number of carbonyl (C=O) groups excluding carboxylic acids is 1. The number of rotatable bonds is 6. The van der Waals surface area contributed by atoms with E-state index in [2.05, 4.69) is 5.16 Å². The highest BCUT2D eigenvalue weighted by atomic mass is 19.3. The number of halogens is 2. The lowest BCUT2D eigenvalue weighted by atomic mass is 10.1. The quantitative estimate of drug-likeness (QED) is 0.731. The molecule has 0 aromatic carbocycles. The average Bonchev–Trinajstić information content (AvgIpc) is 3.28. The molecule has 9 heteroatoms. The number of methoxy groups -OCH3 is 1. The van der Waals surface area contributed by atoms with Crippen molar-refractivity contribution >= 4 is 5.91 Å². The predicted octanol–water partition coefficient (Wildman–Crippen LogP) is 2.66. The first-order valence-electron chi connectivity index (χ1n) is 9.69. The number of amides is 1. The lowest BCUT2D eigenvalue weighted by Gasteiger charge is -2.45. The Kier molecular flexibility index (Phi) is 5.20. The van der Waals surface area contributed by atoms with E-state index < -0.39 is 5.92 Å². The maximum absolute atomic E-state index is 13.8. The van der Waals surface area contributed by atoms with Gasteiger partial charge in [0.05, 0.1) is 18.8 Å². The average molecular weight is 409 g/mol. The molecular formula is C20H25F2N3O4. The van der Waals surface area contributed by atoms with E-state index in [1.165, 1.54) is 7.11 Å². The summed E-state index contributed by atoms with van der Waals surface area (Å²) in [6, 6.07) is 3.03. The van der Waals surface area contributed by atoms with E-state index in [1.54, 1.807) is 21.9 Å². The third kappa shape index (κ3) is 3.93. The summed E-state index contributed by atoms with van der Waals surface area (Å²) in [5.41, 5.74) is 1.74. The molecule has 0 spiro atoms.